The number of nitrogens with zero attached hydrogens (tertiary/aromatic N) is 2. The van der Waals surface area contributed by atoms with Crippen LogP contribution in [0.3, 0.4) is 0 Å². The van der Waals surface area contributed by atoms with Gasteiger partial charge >= 0.3 is 0 Å². The minimum Gasteiger partial charge on any atom is -0.389 e. The van der Waals surface area contributed by atoms with Crippen LogP contribution in [0.15, 0.2) is 12.1 Å². The fourth-order valence-electron chi connectivity index (χ4n) is 1.19. The van der Waals surface area contributed by atoms with Crippen LogP contribution in [0.4, 0.5) is 0 Å². The number of rotatable bonds is 3. The SMILES string of the molecule is Cc1nc(C(=O)NCC(C)(C)O)ccc1C#N. The van der Waals surface area contributed by atoms with Crippen LogP contribution in [0.25, 0.3) is 0 Å². The van der Waals surface area contributed by atoms with E-state index in [1.807, 2.05) is 6.07 Å². The van der Waals surface area contributed by atoms with Crippen LogP contribution in [-0.2, 0) is 0 Å². The van der Waals surface area contributed by atoms with Gasteiger partial charge in [0.2, 0.25) is 0 Å². The summed E-state index contributed by atoms with van der Waals surface area (Å²) in [5, 5.41) is 20.8. The lowest BCUT2D eigenvalue weighted by atomic mass is 10.1. The first kappa shape index (κ1) is 13.1. The van der Waals surface area contributed by atoms with Crippen molar-refractivity contribution in [2.24, 2.45) is 0 Å². The summed E-state index contributed by atoms with van der Waals surface area (Å²) in [7, 11) is 0. The van der Waals surface area contributed by atoms with Crippen LogP contribution in [0.5, 0.6) is 0 Å². The van der Waals surface area contributed by atoms with Crippen molar-refractivity contribution in [3.05, 3.63) is 29.1 Å². The van der Waals surface area contributed by atoms with Gasteiger partial charge in [0.05, 0.1) is 16.9 Å². The van der Waals surface area contributed by atoms with Gasteiger partial charge in [0, 0.05) is 6.54 Å². The largest absolute Gasteiger partial charge is 0.389 e. The van der Waals surface area contributed by atoms with Crippen LogP contribution in [0.2, 0.25) is 0 Å². The quantitative estimate of drug-likeness (QED) is 0.807. The molecule has 5 heteroatoms. The number of hydrogen-bond acceptors (Lipinski definition) is 4. The Morgan fingerprint density at radius 3 is 2.71 bits per heavy atom. The second-order valence-electron chi connectivity index (χ2n) is 4.44. The summed E-state index contributed by atoms with van der Waals surface area (Å²) >= 11 is 0. The Morgan fingerprint density at radius 1 is 1.59 bits per heavy atom. The number of carbonyl (C=O) groups is 1. The Morgan fingerprint density at radius 2 is 2.24 bits per heavy atom. The first-order valence-electron chi connectivity index (χ1n) is 5.22. The first-order chi connectivity index (χ1) is 7.83. The fraction of sp³-hybridized carbons (Fsp3) is 0.417. The van der Waals surface area contributed by atoms with Crippen LogP contribution < -0.4 is 5.32 Å². The number of carbonyl (C=O) groups excluding carboxylic acids is 1. The first-order valence-corrected chi connectivity index (χ1v) is 5.22. The van der Waals surface area contributed by atoms with E-state index in [1.165, 1.54) is 6.07 Å². The molecule has 0 unspecified atom stereocenters. The van der Waals surface area contributed by atoms with E-state index in [4.69, 9.17) is 5.26 Å². The van der Waals surface area contributed by atoms with Crippen molar-refractivity contribution in [2.45, 2.75) is 26.4 Å². The van der Waals surface area contributed by atoms with Crippen molar-refractivity contribution in [2.75, 3.05) is 6.54 Å². The zero-order valence-corrected chi connectivity index (χ0v) is 10.1. The summed E-state index contributed by atoms with van der Waals surface area (Å²) in [5.74, 6) is -0.361. The summed E-state index contributed by atoms with van der Waals surface area (Å²) in [6.07, 6.45) is 0. The predicted molar refractivity (Wildman–Crippen MR) is 62.3 cm³/mol. The average Bonchev–Trinajstić information content (AvgIpc) is 2.24. The van der Waals surface area contributed by atoms with Gasteiger partial charge in [0.15, 0.2) is 0 Å². The van der Waals surface area contributed by atoms with E-state index in [0.29, 0.717) is 11.3 Å². The van der Waals surface area contributed by atoms with Crippen molar-refractivity contribution in [3.8, 4) is 6.07 Å². The van der Waals surface area contributed by atoms with E-state index in [0.717, 1.165) is 0 Å². The van der Waals surface area contributed by atoms with Crippen LogP contribution in [0.1, 0.15) is 35.6 Å². The lowest BCUT2D eigenvalue weighted by molar-refractivity contribution is 0.0692. The molecule has 0 fully saturated rings. The minimum atomic E-state index is -0.961. The van der Waals surface area contributed by atoms with E-state index < -0.39 is 5.60 Å². The lowest BCUT2D eigenvalue weighted by Crippen LogP contribution is -2.38. The molecule has 1 aromatic rings. The molecule has 1 amide bonds. The Kier molecular flexibility index (Phi) is 3.81. The van der Waals surface area contributed by atoms with Gasteiger partial charge in [0.25, 0.3) is 5.91 Å². The number of amides is 1. The molecule has 0 aromatic carbocycles. The van der Waals surface area contributed by atoms with Crippen molar-refractivity contribution in [1.29, 1.82) is 5.26 Å². The van der Waals surface area contributed by atoms with Gasteiger partial charge in [-0.3, -0.25) is 4.79 Å². The molecule has 0 aliphatic rings. The number of aliphatic hydroxyl groups is 1. The predicted octanol–water partition coefficient (Wildman–Crippen LogP) is 0.762. The standard InChI is InChI=1S/C12H15N3O2/c1-8-9(6-13)4-5-10(15-8)11(16)14-7-12(2,3)17/h4-5,17H,7H2,1-3H3,(H,14,16). The highest BCUT2D eigenvalue weighted by atomic mass is 16.3. The molecule has 0 aliphatic carbocycles. The third-order valence-corrected chi connectivity index (χ3v) is 2.12. The van der Waals surface area contributed by atoms with Crippen molar-refractivity contribution >= 4 is 5.91 Å². The molecule has 1 rings (SSSR count). The van der Waals surface area contributed by atoms with Crippen LogP contribution >= 0.6 is 0 Å². The van der Waals surface area contributed by atoms with Crippen LogP contribution in [-0.4, -0.2) is 28.1 Å². The van der Waals surface area contributed by atoms with Gasteiger partial charge in [-0.15, -0.1) is 0 Å². The normalized spacial score (nSPS) is 10.8. The van der Waals surface area contributed by atoms with Gasteiger partial charge in [-0.05, 0) is 32.9 Å². The Balaban J connectivity index is 2.78. The van der Waals surface area contributed by atoms with E-state index in [2.05, 4.69) is 10.3 Å². The Hall–Kier alpha value is -1.93. The zero-order valence-electron chi connectivity index (χ0n) is 10.1. The fourth-order valence-corrected chi connectivity index (χ4v) is 1.19. The number of aryl methyl sites for hydroxylation is 1. The molecule has 0 saturated carbocycles. The number of aromatic nitrogens is 1. The molecule has 17 heavy (non-hydrogen) atoms. The van der Waals surface area contributed by atoms with Gasteiger partial charge < -0.3 is 10.4 Å². The van der Waals surface area contributed by atoms with Crippen molar-refractivity contribution in [1.82, 2.24) is 10.3 Å². The number of nitrogens with one attached hydrogen (secondary N) is 1. The average molecular weight is 233 g/mol. The molecule has 1 heterocycles. The molecule has 0 bridgehead atoms. The molecular formula is C12H15N3O2. The number of pyridine rings is 1. The maximum atomic E-state index is 11.7. The molecular weight excluding hydrogens is 218 g/mol. The molecule has 5 nitrogen and oxygen atoms in total. The van der Waals surface area contributed by atoms with Gasteiger partial charge in [-0.2, -0.15) is 5.26 Å². The summed E-state index contributed by atoms with van der Waals surface area (Å²) in [6.45, 7) is 5.02. The van der Waals surface area contributed by atoms with Crippen LogP contribution in [0, 0.1) is 18.3 Å². The minimum absolute atomic E-state index is 0.145. The smallest absolute Gasteiger partial charge is 0.269 e. The van der Waals surface area contributed by atoms with E-state index >= 15 is 0 Å². The third-order valence-electron chi connectivity index (χ3n) is 2.12. The molecule has 0 atom stereocenters. The Bertz CT molecular complexity index is 470. The summed E-state index contributed by atoms with van der Waals surface area (Å²) in [5.41, 5.74) is 0.246. The van der Waals surface area contributed by atoms with Gasteiger partial charge in [0.1, 0.15) is 11.8 Å². The topological polar surface area (TPSA) is 86.0 Å². The molecule has 2 N–H and O–H groups in total. The lowest BCUT2D eigenvalue weighted by Gasteiger charge is -2.17. The highest BCUT2D eigenvalue weighted by Gasteiger charge is 2.15. The molecule has 0 aliphatic heterocycles. The molecule has 90 valence electrons. The molecule has 0 spiro atoms. The monoisotopic (exact) mass is 233 g/mol. The second-order valence-corrected chi connectivity index (χ2v) is 4.44. The zero-order chi connectivity index (χ0) is 13.1. The number of nitriles is 1. The van der Waals surface area contributed by atoms with E-state index in [-0.39, 0.29) is 18.1 Å². The molecule has 1 aromatic heterocycles. The van der Waals surface area contributed by atoms with E-state index in [1.54, 1.807) is 26.8 Å². The van der Waals surface area contributed by atoms with Gasteiger partial charge in [-0.25, -0.2) is 4.98 Å². The highest BCUT2D eigenvalue weighted by Crippen LogP contribution is 2.06. The van der Waals surface area contributed by atoms with Crippen molar-refractivity contribution in [3.63, 3.8) is 0 Å². The molecule has 0 saturated heterocycles. The molecule has 0 radical (unpaired) electrons. The highest BCUT2D eigenvalue weighted by molar-refractivity contribution is 5.92. The van der Waals surface area contributed by atoms with Gasteiger partial charge in [-0.1, -0.05) is 0 Å². The second kappa shape index (κ2) is 4.93. The van der Waals surface area contributed by atoms with Crippen molar-refractivity contribution < 1.29 is 9.90 Å². The van der Waals surface area contributed by atoms with E-state index in [9.17, 15) is 9.90 Å². The number of hydrogen-bond donors (Lipinski definition) is 2. The maximum absolute atomic E-state index is 11.7. The summed E-state index contributed by atoms with van der Waals surface area (Å²) in [4.78, 5) is 15.7. The Labute approximate surface area is 100 Å². The maximum Gasteiger partial charge on any atom is 0.269 e. The summed E-state index contributed by atoms with van der Waals surface area (Å²) in [6, 6.07) is 5.03. The summed E-state index contributed by atoms with van der Waals surface area (Å²) < 4.78 is 0. The third kappa shape index (κ3) is 3.85.